The summed E-state index contributed by atoms with van der Waals surface area (Å²) < 4.78 is 10.0. The van der Waals surface area contributed by atoms with Crippen LogP contribution < -0.4 is 0 Å². The number of ether oxygens (including phenoxy) is 2. The second kappa shape index (κ2) is 8.97. The zero-order chi connectivity index (χ0) is 10.8. The van der Waals surface area contributed by atoms with Crippen molar-refractivity contribution in [2.45, 2.75) is 20.3 Å². The van der Waals surface area contributed by atoms with E-state index in [-0.39, 0.29) is 5.97 Å². The Balaban J connectivity index is 3.33. The topological polar surface area (TPSA) is 38.8 Å². The monoisotopic (exact) mass is 203 g/mol. The lowest BCUT2D eigenvalue weighted by molar-refractivity contribution is -0.143. The third-order valence-corrected chi connectivity index (χ3v) is 1.82. The van der Waals surface area contributed by atoms with Crippen molar-refractivity contribution in [3.8, 4) is 0 Å². The predicted molar refractivity (Wildman–Crippen MR) is 55.2 cm³/mol. The molecule has 0 atom stereocenters. The maximum absolute atomic E-state index is 11.0. The molecule has 0 aliphatic heterocycles. The van der Waals surface area contributed by atoms with E-state index in [0.717, 1.165) is 26.3 Å². The largest absolute Gasteiger partial charge is 0.466 e. The van der Waals surface area contributed by atoms with E-state index >= 15 is 0 Å². The average Bonchev–Trinajstić information content (AvgIpc) is 2.16. The van der Waals surface area contributed by atoms with Gasteiger partial charge in [0.25, 0.3) is 0 Å². The second-order valence-corrected chi connectivity index (χ2v) is 3.06. The van der Waals surface area contributed by atoms with Crippen LogP contribution in [0.15, 0.2) is 0 Å². The quantitative estimate of drug-likeness (QED) is 0.434. The molecule has 84 valence electrons. The van der Waals surface area contributed by atoms with E-state index in [1.54, 1.807) is 0 Å². The molecule has 0 aromatic carbocycles. The van der Waals surface area contributed by atoms with E-state index < -0.39 is 0 Å². The molecule has 0 unspecified atom stereocenters. The highest BCUT2D eigenvalue weighted by atomic mass is 16.5. The lowest BCUT2D eigenvalue weighted by Crippen LogP contribution is -2.26. The van der Waals surface area contributed by atoms with Crippen molar-refractivity contribution >= 4 is 5.97 Å². The van der Waals surface area contributed by atoms with Crippen LogP contribution >= 0.6 is 0 Å². The van der Waals surface area contributed by atoms with E-state index in [0.29, 0.717) is 13.0 Å². The lowest BCUT2D eigenvalue weighted by atomic mass is 10.4. The van der Waals surface area contributed by atoms with Crippen molar-refractivity contribution in [2.24, 2.45) is 0 Å². The molecular weight excluding hydrogens is 182 g/mol. The van der Waals surface area contributed by atoms with Gasteiger partial charge in [-0.3, -0.25) is 4.79 Å². The van der Waals surface area contributed by atoms with Gasteiger partial charge in [-0.1, -0.05) is 0 Å². The molecule has 0 amide bonds. The number of carbonyl (C=O) groups excluding carboxylic acids is 1. The number of hydrogen-bond donors (Lipinski definition) is 0. The Morgan fingerprint density at radius 2 is 1.93 bits per heavy atom. The number of likely N-dealkylation sites (N-methyl/N-ethyl adjacent to an activating group) is 1. The molecule has 0 aliphatic carbocycles. The summed E-state index contributed by atoms with van der Waals surface area (Å²) in [7, 11) is 1.97. The van der Waals surface area contributed by atoms with Crippen LogP contribution in [0.4, 0.5) is 0 Å². The van der Waals surface area contributed by atoms with E-state index in [2.05, 4.69) is 4.90 Å². The van der Waals surface area contributed by atoms with Crippen LogP contribution in [0.5, 0.6) is 0 Å². The molecule has 14 heavy (non-hydrogen) atoms. The van der Waals surface area contributed by atoms with E-state index in [9.17, 15) is 4.79 Å². The van der Waals surface area contributed by atoms with Crippen molar-refractivity contribution in [3.63, 3.8) is 0 Å². The molecule has 0 bridgehead atoms. The first-order chi connectivity index (χ1) is 6.70. The third-order valence-electron chi connectivity index (χ3n) is 1.82. The fourth-order valence-electron chi connectivity index (χ4n) is 0.992. The van der Waals surface area contributed by atoms with Gasteiger partial charge in [-0.25, -0.2) is 0 Å². The molecular formula is C10H21NO3. The molecule has 0 N–H and O–H groups in total. The van der Waals surface area contributed by atoms with Crippen LogP contribution in [0, 0.1) is 0 Å². The van der Waals surface area contributed by atoms with Gasteiger partial charge in [0.15, 0.2) is 0 Å². The summed E-state index contributed by atoms with van der Waals surface area (Å²) in [4.78, 5) is 13.1. The highest BCUT2D eigenvalue weighted by Gasteiger charge is 2.04. The van der Waals surface area contributed by atoms with Gasteiger partial charge in [0, 0.05) is 19.7 Å². The number of carbonyl (C=O) groups is 1. The summed E-state index contributed by atoms with van der Waals surface area (Å²) in [5.41, 5.74) is 0. The van der Waals surface area contributed by atoms with Crippen LogP contribution in [0.25, 0.3) is 0 Å². The minimum Gasteiger partial charge on any atom is -0.466 e. The van der Waals surface area contributed by atoms with E-state index in [4.69, 9.17) is 9.47 Å². The summed E-state index contributed by atoms with van der Waals surface area (Å²) in [6.07, 6.45) is 0.455. The Hall–Kier alpha value is -0.610. The van der Waals surface area contributed by atoms with Gasteiger partial charge in [0.2, 0.25) is 0 Å². The fourth-order valence-corrected chi connectivity index (χ4v) is 0.992. The number of hydrogen-bond acceptors (Lipinski definition) is 4. The Kier molecular flexibility index (Phi) is 8.57. The fraction of sp³-hybridized carbons (Fsp3) is 0.900. The van der Waals surface area contributed by atoms with Gasteiger partial charge in [0.05, 0.1) is 19.6 Å². The summed E-state index contributed by atoms with van der Waals surface area (Å²) in [5, 5.41) is 0. The summed E-state index contributed by atoms with van der Waals surface area (Å²) >= 11 is 0. The summed E-state index contributed by atoms with van der Waals surface area (Å²) in [6, 6.07) is 0. The summed E-state index contributed by atoms with van der Waals surface area (Å²) in [6.45, 7) is 7.29. The minimum absolute atomic E-state index is 0.129. The first-order valence-electron chi connectivity index (χ1n) is 5.12. The summed E-state index contributed by atoms with van der Waals surface area (Å²) in [5.74, 6) is -0.129. The number of esters is 1. The average molecular weight is 203 g/mol. The van der Waals surface area contributed by atoms with Crippen LogP contribution in [0.3, 0.4) is 0 Å². The standard InChI is InChI=1S/C10H21NO3/c1-4-13-9-8-11(3)7-6-10(12)14-5-2/h4-9H2,1-3H3. The zero-order valence-electron chi connectivity index (χ0n) is 9.41. The van der Waals surface area contributed by atoms with Crippen LogP contribution in [-0.2, 0) is 14.3 Å². The Bertz CT molecular complexity index is 150. The van der Waals surface area contributed by atoms with E-state index in [1.165, 1.54) is 0 Å². The zero-order valence-corrected chi connectivity index (χ0v) is 9.41. The maximum atomic E-state index is 11.0. The van der Waals surface area contributed by atoms with E-state index in [1.807, 2.05) is 20.9 Å². The first kappa shape index (κ1) is 13.4. The predicted octanol–water partition coefficient (Wildman–Crippen LogP) is 0.908. The van der Waals surface area contributed by atoms with Crippen molar-refractivity contribution < 1.29 is 14.3 Å². The van der Waals surface area contributed by atoms with Crippen molar-refractivity contribution in [1.82, 2.24) is 4.90 Å². The van der Waals surface area contributed by atoms with Gasteiger partial charge < -0.3 is 14.4 Å². The Morgan fingerprint density at radius 3 is 2.50 bits per heavy atom. The highest BCUT2D eigenvalue weighted by molar-refractivity contribution is 5.69. The smallest absolute Gasteiger partial charge is 0.307 e. The maximum Gasteiger partial charge on any atom is 0.307 e. The van der Waals surface area contributed by atoms with Crippen LogP contribution in [0.1, 0.15) is 20.3 Å². The molecule has 0 fully saturated rings. The highest BCUT2D eigenvalue weighted by Crippen LogP contribution is 1.91. The normalized spacial score (nSPS) is 10.6. The van der Waals surface area contributed by atoms with Gasteiger partial charge in [-0.2, -0.15) is 0 Å². The van der Waals surface area contributed by atoms with Gasteiger partial charge in [0.1, 0.15) is 0 Å². The molecule has 0 rings (SSSR count). The SMILES string of the molecule is CCOCCN(C)CCC(=O)OCC. The molecule has 4 heteroatoms. The molecule has 0 aliphatic rings. The van der Waals surface area contributed by atoms with Crippen molar-refractivity contribution in [2.75, 3.05) is 40.0 Å². The Morgan fingerprint density at radius 1 is 1.21 bits per heavy atom. The van der Waals surface area contributed by atoms with Gasteiger partial charge >= 0.3 is 5.97 Å². The molecule has 4 nitrogen and oxygen atoms in total. The lowest BCUT2D eigenvalue weighted by Gasteiger charge is -2.15. The molecule has 0 aromatic heterocycles. The number of nitrogens with zero attached hydrogens (tertiary/aromatic N) is 1. The van der Waals surface area contributed by atoms with Gasteiger partial charge in [-0.05, 0) is 20.9 Å². The molecule has 0 saturated carbocycles. The molecule has 0 aromatic rings. The third kappa shape index (κ3) is 8.01. The van der Waals surface area contributed by atoms with Crippen LogP contribution in [0.2, 0.25) is 0 Å². The van der Waals surface area contributed by atoms with Crippen LogP contribution in [-0.4, -0.2) is 50.8 Å². The molecule has 0 radical (unpaired) electrons. The Labute approximate surface area is 86.2 Å². The molecule has 0 saturated heterocycles. The second-order valence-electron chi connectivity index (χ2n) is 3.06. The molecule has 0 heterocycles. The molecule has 0 spiro atoms. The minimum atomic E-state index is -0.129. The number of rotatable bonds is 8. The van der Waals surface area contributed by atoms with Gasteiger partial charge in [-0.15, -0.1) is 0 Å². The van der Waals surface area contributed by atoms with Crippen molar-refractivity contribution in [3.05, 3.63) is 0 Å². The first-order valence-corrected chi connectivity index (χ1v) is 5.12. The van der Waals surface area contributed by atoms with Crippen molar-refractivity contribution in [1.29, 1.82) is 0 Å².